The van der Waals surface area contributed by atoms with Gasteiger partial charge in [0.05, 0.1) is 17.7 Å². The van der Waals surface area contributed by atoms with E-state index in [0.29, 0.717) is 17.9 Å². The number of rotatable bonds is 2. The maximum atomic E-state index is 13.9. The molecule has 0 amide bonds. The lowest BCUT2D eigenvalue weighted by Crippen LogP contribution is -2.14. The summed E-state index contributed by atoms with van der Waals surface area (Å²) < 4.78 is 19.5. The lowest BCUT2D eigenvalue weighted by atomic mass is 9.96. The van der Waals surface area contributed by atoms with Gasteiger partial charge in [-0.25, -0.2) is 4.39 Å². The fourth-order valence-corrected chi connectivity index (χ4v) is 2.55. The van der Waals surface area contributed by atoms with Crippen LogP contribution in [0.2, 0.25) is 5.02 Å². The van der Waals surface area contributed by atoms with Gasteiger partial charge in [-0.05, 0) is 42.7 Å². The zero-order chi connectivity index (χ0) is 14.1. The molecule has 0 saturated heterocycles. The minimum Gasteiger partial charge on any atom is -0.493 e. The van der Waals surface area contributed by atoms with Gasteiger partial charge in [0, 0.05) is 5.02 Å². The van der Waals surface area contributed by atoms with E-state index >= 15 is 0 Å². The van der Waals surface area contributed by atoms with Crippen LogP contribution < -0.4 is 4.74 Å². The summed E-state index contributed by atoms with van der Waals surface area (Å²) in [6.07, 6.45) is 1.81. The van der Waals surface area contributed by atoms with Crippen LogP contribution in [0.5, 0.6) is 5.75 Å². The fourth-order valence-electron chi connectivity index (χ4n) is 2.39. The van der Waals surface area contributed by atoms with E-state index in [-0.39, 0.29) is 16.4 Å². The summed E-state index contributed by atoms with van der Waals surface area (Å²) in [5.41, 5.74) is 1.41. The number of ether oxygens (including phenoxy) is 1. The number of fused-ring (bicyclic) bond motifs is 1. The quantitative estimate of drug-likeness (QED) is 0.781. The maximum Gasteiger partial charge on any atom is 0.199 e. The molecule has 0 unspecified atom stereocenters. The first-order valence-corrected chi connectivity index (χ1v) is 6.79. The lowest BCUT2D eigenvalue weighted by Gasteiger charge is -2.19. The van der Waals surface area contributed by atoms with E-state index in [1.165, 1.54) is 12.1 Å². The van der Waals surface area contributed by atoms with E-state index in [1.807, 2.05) is 6.07 Å². The first-order valence-electron chi connectivity index (χ1n) is 6.41. The molecule has 0 spiro atoms. The van der Waals surface area contributed by atoms with Crippen LogP contribution in [0, 0.1) is 5.82 Å². The second-order valence-corrected chi connectivity index (χ2v) is 5.14. The molecule has 0 atom stereocenters. The standard InChI is InChI=1S/C16H12ClFO2/c17-11-6-7-12(14(18)9-11)15(19)13-5-1-3-10-4-2-8-20-16(10)13/h1,3,5-7,9H,2,4,8H2. The third kappa shape index (κ3) is 2.29. The van der Waals surface area contributed by atoms with Crippen molar-refractivity contribution in [2.24, 2.45) is 0 Å². The van der Waals surface area contributed by atoms with Gasteiger partial charge in [0.2, 0.25) is 0 Å². The number of hydrogen-bond donors (Lipinski definition) is 0. The zero-order valence-corrected chi connectivity index (χ0v) is 11.4. The largest absolute Gasteiger partial charge is 0.493 e. The molecule has 2 aromatic rings. The van der Waals surface area contributed by atoms with Gasteiger partial charge < -0.3 is 4.74 Å². The molecule has 0 N–H and O–H groups in total. The highest BCUT2D eigenvalue weighted by molar-refractivity contribution is 6.30. The maximum absolute atomic E-state index is 13.9. The van der Waals surface area contributed by atoms with Gasteiger partial charge in [0.25, 0.3) is 0 Å². The van der Waals surface area contributed by atoms with Crippen LogP contribution >= 0.6 is 11.6 Å². The third-order valence-electron chi connectivity index (χ3n) is 3.35. The number of halogens is 2. The van der Waals surface area contributed by atoms with E-state index in [4.69, 9.17) is 16.3 Å². The van der Waals surface area contributed by atoms with Gasteiger partial charge in [-0.2, -0.15) is 0 Å². The second kappa shape index (κ2) is 5.25. The van der Waals surface area contributed by atoms with Crippen molar-refractivity contribution in [2.75, 3.05) is 6.61 Å². The average Bonchev–Trinajstić information content (AvgIpc) is 2.46. The molecule has 0 aliphatic carbocycles. The molecule has 1 heterocycles. The molecular formula is C16H12ClFO2. The molecule has 0 aromatic heterocycles. The van der Waals surface area contributed by atoms with Crippen molar-refractivity contribution in [3.63, 3.8) is 0 Å². The van der Waals surface area contributed by atoms with E-state index in [9.17, 15) is 9.18 Å². The average molecular weight is 291 g/mol. The summed E-state index contributed by atoms with van der Waals surface area (Å²) >= 11 is 5.71. The SMILES string of the molecule is O=C(c1ccc(Cl)cc1F)c1cccc2c1OCCC2. The highest BCUT2D eigenvalue weighted by atomic mass is 35.5. The summed E-state index contributed by atoms with van der Waals surface area (Å²) in [6, 6.07) is 9.46. The van der Waals surface area contributed by atoms with Crippen LogP contribution in [0.25, 0.3) is 0 Å². The lowest BCUT2D eigenvalue weighted by molar-refractivity contribution is 0.103. The molecule has 102 valence electrons. The van der Waals surface area contributed by atoms with E-state index in [2.05, 4.69) is 0 Å². The molecule has 1 aliphatic heterocycles. The van der Waals surface area contributed by atoms with Gasteiger partial charge in [0.1, 0.15) is 11.6 Å². The van der Waals surface area contributed by atoms with Crippen molar-refractivity contribution < 1.29 is 13.9 Å². The van der Waals surface area contributed by atoms with E-state index in [1.54, 1.807) is 12.1 Å². The van der Waals surface area contributed by atoms with Gasteiger partial charge in [-0.3, -0.25) is 4.79 Å². The number of aryl methyl sites for hydroxylation is 1. The molecule has 20 heavy (non-hydrogen) atoms. The van der Waals surface area contributed by atoms with Gasteiger partial charge in [-0.1, -0.05) is 23.7 Å². The normalized spacial score (nSPS) is 13.5. The number of hydrogen-bond acceptors (Lipinski definition) is 2. The Kier molecular flexibility index (Phi) is 3.45. The summed E-state index contributed by atoms with van der Waals surface area (Å²) in [5, 5.41) is 0.269. The van der Waals surface area contributed by atoms with Crippen LogP contribution in [0.3, 0.4) is 0 Å². The Labute approximate surface area is 121 Å². The molecule has 2 aromatic carbocycles. The van der Waals surface area contributed by atoms with Crippen molar-refractivity contribution in [1.29, 1.82) is 0 Å². The van der Waals surface area contributed by atoms with Crippen molar-refractivity contribution in [3.05, 3.63) is 63.9 Å². The first-order chi connectivity index (χ1) is 9.66. The summed E-state index contributed by atoms with van der Waals surface area (Å²) in [6.45, 7) is 0.584. The zero-order valence-electron chi connectivity index (χ0n) is 10.7. The highest BCUT2D eigenvalue weighted by Crippen LogP contribution is 2.31. The molecular weight excluding hydrogens is 279 g/mol. The van der Waals surface area contributed by atoms with Gasteiger partial charge in [0.15, 0.2) is 5.78 Å². The van der Waals surface area contributed by atoms with Crippen LogP contribution in [-0.2, 0) is 6.42 Å². The Morgan fingerprint density at radius 3 is 2.85 bits per heavy atom. The first kappa shape index (κ1) is 13.1. The molecule has 0 radical (unpaired) electrons. The van der Waals surface area contributed by atoms with Gasteiger partial charge in [-0.15, -0.1) is 0 Å². The number of carbonyl (C=O) groups is 1. The summed E-state index contributed by atoms with van der Waals surface area (Å²) in [5.74, 6) is -0.410. The number of carbonyl (C=O) groups excluding carboxylic acids is 1. The molecule has 0 fully saturated rings. The molecule has 0 saturated carbocycles. The Balaban J connectivity index is 2.07. The molecule has 0 bridgehead atoms. The van der Waals surface area contributed by atoms with Crippen LogP contribution in [-0.4, -0.2) is 12.4 Å². The van der Waals surface area contributed by atoms with Crippen LogP contribution in [0.15, 0.2) is 36.4 Å². The molecule has 4 heteroatoms. The van der Waals surface area contributed by atoms with E-state index in [0.717, 1.165) is 24.5 Å². The highest BCUT2D eigenvalue weighted by Gasteiger charge is 2.22. The minimum atomic E-state index is -0.615. The Morgan fingerprint density at radius 2 is 2.05 bits per heavy atom. The smallest absolute Gasteiger partial charge is 0.199 e. The monoisotopic (exact) mass is 290 g/mol. The van der Waals surface area contributed by atoms with E-state index < -0.39 is 5.82 Å². The van der Waals surface area contributed by atoms with Gasteiger partial charge >= 0.3 is 0 Å². The Morgan fingerprint density at radius 1 is 1.20 bits per heavy atom. The van der Waals surface area contributed by atoms with Crippen LogP contribution in [0.1, 0.15) is 27.9 Å². The summed E-state index contributed by atoms with van der Waals surface area (Å²) in [4.78, 5) is 12.5. The molecule has 1 aliphatic rings. The van der Waals surface area contributed by atoms with Crippen molar-refractivity contribution in [1.82, 2.24) is 0 Å². The Bertz CT molecular complexity index is 682. The second-order valence-electron chi connectivity index (χ2n) is 4.70. The molecule has 3 rings (SSSR count). The third-order valence-corrected chi connectivity index (χ3v) is 3.59. The van der Waals surface area contributed by atoms with Crippen molar-refractivity contribution in [2.45, 2.75) is 12.8 Å². The number of ketones is 1. The van der Waals surface area contributed by atoms with Crippen molar-refractivity contribution >= 4 is 17.4 Å². The number of benzene rings is 2. The topological polar surface area (TPSA) is 26.3 Å². The fraction of sp³-hybridized carbons (Fsp3) is 0.188. The predicted octanol–water partition coefficient (Wildman–Crippen LogP) is 4.04. The number of para-hydroxylation sites is 1. The minimum absolute atomic E-state index is 0.0111. The molecule has 2 nitrogen and oxygen atoms in total. The Hall–Kier alpha value is -1.87. The van der Waals surface area contributed by atoms with Crippen LogP contribution in [0.4, 0.5) is 4.39 Å². The predicted molar refractivity (Wildman–Crippen MR) is 75.1 cm³/mol. The summed E-state index contributed by atoms with van der Waals surface area (Å²) in [7, 11) is 0. The van der Waals surface area contributed by atoms with Crippen molar-refractivity contribution in [3.8, 4) is 5.75 Å².